The van der Waals surface area contributed by atoms with Gasteiger partial charge in [-0.25, -0.2) is 8.42 Å². The number of likely N-dealkylation sites (N-methyl/N-ethyl adjacent to an activating group) is 1. The molecule has 2 aromatic carbocycles. The molecule has 0 aliphatic carbocycles. The number of benzene rings is 2. The molecule has 3 atom stereocenters. The third kappa shape index (κ3) is 2.57. The molecule has 116 valence electrons. The van der Waals surface area contributed by atoms with Crippen LogP contribution in [-0.4, -0.2) is 38.2 Å². The Labute approximate surface area is 132 Å². The van der Waals surface area contributed by atoms with Crippen LogP contribution < -0.4 is 0 Å². The van der Waals surface area contributed by atoms with E-state index in [-0.39, 0.29) is 12.0 Å². The predicted molar refractivity (Wildman–Crippen MR) is 88.7 cm³/mol. The molecule has 1 saturated heterocycles. The van der Waals surface area contributed by atoms with Crippen molar-refractivity contribution >= 4 is 9.84 Å². The third-order valence-corrected chi connectivity index (χ3v) is 6.91. The molecule has 0 bridgehead atoms. The third-order valence-electron chi connectivity index (χ3n) is 4.74. The molecule has 2 aromatic rings. The zero-order valence-electron chi connectivity index (χ0n) is 12.9. The summed E-state index contributed by atoms with van der Waals surface area (Å²) in [6.07, 6.45) is 0. The van der Waals surface area contributed by atoms with Crippen LogP contribution in [-0.2, 0) is 9.84 Å². The van der Waals surface area contributed by atoms with E-state index in [9.17, 15) is 8.42 Å². The Hall–Kier alpha value is -1.65. The SMILES string of the molecule is C[C@H]1[C@H](c2ccccc2)[C@@H](S(=O)(=O)c2ccccc2)CN1C. The molecule has 0 unspecified atom stereocenters. The standard InChI is InChI=1S/C18H21NO2S/c1-14-18(15-9-5-3-6-10-15)17(13-19(14)2)22(20,21)16-11-7-4-8-12-16/h3-12,14,17-18H,13H2,1-2H3/t14-,17-,18+/m0/s1. The van der Waals surface area contributed by atoms with E-state index in [4.69, 9.17) is 0 Å². The van der Waals surface area contributed by atoms with Gasteiger partial charge in [-0.15, -0.1) is 0 Å². The molecule has 1 aliphatic rings. The van der Waals surface area contributed by atoms with Crippen molar-refractivity contribution in [3.8, 4) is 0 Å². The maximum Gasteiger partial charge on any atom is 0.183 e. The first-order valence-electron chi connectivity index (χ1n) is 7.56. The van der Waals surface area contributed by atoms with Crippen molar-refractivity contribution in [1.82, 2.24) is 4.90 Å². The molecule has 1 aliphatic heterocycles. The summed E-state index contributed by atoms with van der Waals surface area (Å²) < 4.78 is 26.2. The van der Waals surface area contributed by atoms with Gasteiger partial charge in [0.2, 0.25) is 0 Å². The molecule has 0 aromatic heterocycles. The first kappa shape index (κ1) is 15.3. The first-order chi connectivity index (χ1) is 10.5. The fraction of sp³-hybridized carbons (Fsp3) is 0.333. The summed E-state index contributed by atoms with van der Waals surface area (Å²) in [5, 5.41) is -0.405. The van der Waals surface area contributed by atoms with E-state index >= 15 is 0 Å². The van der Waals surface area contributed by atoms with E-state index in [2.05, 4.69) is 11.8 Å². The zero-order chi connectivity index (χ0) is 15.7. The Morgan fingerprint density at radius 3 is 2.09 bits per heavy atom. The van der Waals surface area contributed by atoms with Crippen LogP contribution in [0.5, 0.6) is 0 Å². The van der Waals surface area contributed by atoms with Gasteiger partial charge in [-0.3, -0.25) is 0 Å². The van der Waals surface area contributed by atoms with E-state index in [1.807, 2.05) is 43.4 Å². The topological polar surface area (TPSA) is 37.4 Å². The fourth-order valence-corrected chi connectivity index (χ4v) is 5.48. The van der Waals surface area contributed by atoms with Crippen molar-refractivity contribution in [3.63, 3.8) is 0 Å². The van der Waals surface area contributed by atoms with Crippen LogP contribution in [0.3, 0.4) is 0 Å². The smallest absolute Gasteiger partial charge is 0.183 e. The van der Waals surface area contributed by atoms with Crippen molar-refractivity contribution in [2.75, 3.05) is 13.6 Å². The van der Waals surface area contributed by atoms with Crippen molar-refractivity contribution in [2.24, 2.45) is 0 Å². The van der Waals surface area contributed by atoms with Crippen LogP contribution in [0, 0.1) is 0 Å². The highest BCUT2D eigenvalue weighted by Crippen LogP contribution is 2.38. The highest BCUT2D eigenvalue weighted by atomic mass is 32.2. The Bertz CT molecular complexity index is 728. The normalized spacial score (nSPS) is 26.2. The summed E-state index contributed by atoms with van der Waals surface area (Å²) in [5.74, 6) is -0.00333. The van der Waals surface area contributed by atoms with Crippen LogP contribution in [0.4, 0.5) is 0 Å². The maximum atomic E-state index is 13.1. The highest BCUT2D eigenvalue weighted by Gasteiger charge is 2.45. The summed E-state index contributed by atoms with van der Waals surface area (Å²) in [7, 11) is -1.34. The van der Waals surface area contributed by atoms with Crippen LogP contribution in [0.2, 0.25) is 0 Å². The number of hydrogen-bond donors (Lipinski definition) is 0. The molecular formula is C18H21NO2S. The van der Waals surface area contributed by atoms with Crippen LogP contribution in [0.1, 0.15) is 18.4 Å². The van der Waals surface area contributed by atoms with E-state index in [0.29, 0.717) is 11.4 Å². The minimum Gasteiger partial charge on any atom is -0.302 e. The van der Waals surface area contributed by atoms with E-state index in [1.54, 1.807) is 24.3 Å². The minimum absolute atomic E-state index is 0.00333. The molecule has 0 saturated carbocycles. The Morgan fingerprint density at radius 1 is 0.955 bits per heavy atom. The number of likely N-dealkylation sites (tertiary alicyclic amines) is 1. The number of rotatable bonds is 3. The second-order valence-electron chi connectivity index (χ2n) is 6.01. The molecule has 0 spiro atoms. The van der Waals surface area contributed by atoms with Crippen molar-refractivity contribution in [2.45, 2.75) is 29.0 Å². The summed E-state index contributed by atoms with van der Waals surface area (Å²) in [6.45, 7) is 2.68. The lowest BCUT2D eigenvalue weighted by Gasteiger charge is -2.23. The minimum atomic E-state index is -3.34. The van der Waals surface area contributed by atoms with Crippen molar-refractivity contribution in [1.29, 1.82) is 0 Å². The van der Waals surface area contributed by atoms with Gasteiger partial charge < -0.3 is 4.90 Å². The summed E-state index contributed by atoms with van der Waals surface area (Å²) >= 11 is 0. The lowest BCUT2D eigenvalue weighted by Crippen LogP contribution is -2.29. The summed E-state index contributed by atoms with van der Waals surface area (Å²) in [5.41, 5.74) is 1.10. The van der Waals surface area contributed by atoms with Gasteiger partial charge in [0.05, 0.1) is 10.1 Å². The lowest BCUT2D eigenvalue weighted by atomic mass is 9.92. The lowest BCUT2D eigenvalue weighted by molar-refractivity contribution is 0.318. The first-order valence-corrected chi connectivity index (χ1v) is 9.10. The number of nitrogens with zero attached hydrogens (tertiary/aromatic N) is 1. The van der Waals surface area contributed by atoms with Crippen molar-refractivity contribution < 1.29 is 8.42 Å². The maximum absolute atomic E-state index is 13.1. The summed E-state index contributed by atoms with van der Waals surface area (Å²) in [6, 6.07) is 19.0. The highest BCUT2D eigenvalue weighted by molar-refractivity contribution is 7.92. The van der Waals surface area contributed by atoms with Gasteiger partial charge in [0.15, 0.2) is 9.84 Å². The van der Waals surface area contributed by atoms with E-state index < -0.39 is 15.1 Å². The summed E-state index contributed by atoms with van der Waals surface area (Å²) in [4.78, 5) is 2.56. The quantitative estimate of drug-likeness (QED) is 0.874. The molecule has 22 heavy (non-hydrogen) atoms. The molecule has 0 amide bonds. The predicted octanol–water partition coefficient (Wildman–Crippen LogP) is 2.95. The monoisotopic (exact) mass is 315 g/mol. The van der Waals surface area contributed by atoms with Gasteiger partial charge in [-0.05, 0) is 31.7 Å². The molecular weight excluding hydrogens is 294 g/mol. The largest absolute Gasteiger partial charge is 0.302 e. The van der Waals surface area contributed by atoms with Crippen LogP contribution in [0.15, 0.2) is 65.6 Å². The van der Waals surface area contributed by atoms with Gasteiger partial charge in [0.25, 0.3) is 0 Å². The second kappa shape index (κ2) is 5.86. The van der Waals surface area contributed by atoms with E-state index in [0.717, 1.165) is 5.56 Å². The number of hydrogen-bond acceptors (Lipinski definition) is 3. The molecule has 0 N–H and O–H groups in total. The van der Waals surface area contributed by atoms with Gasteiger partial charge in [-0.2, -0.15) is 0 Å². The Kier molecular flexibility index (Phi) is 4.06. The van der Waals surface area contributed by atoms with Gasteiger partial charge in [0.1, 0.15) is 0 Å². The van der Waals surface area contributed by atoms with Crippen LogP contribution in [0.25, 0.3) is 0 Å². The molecule has 1 fully saturated rings. The molecule has 3 nitrogen and oxygen atoms in total. The van der Waals surface area contributed by atoms with Crippen LogP contribution >= 0.6 is 0 Å². The van der Waals surface area contributed by atoms with Gasteiger partial charge >= 0.3 is 0 Å². The average molecular weight is 315 g/mol. The van der Waals surface area contributed by atoms with Crippen molar-refractivity contribution in [3.05, 3.63) is 66.2 Å². The molecule has 4 heteroatoms. The average Bonchev–Trinajstić information content (AvgIpc) is 2.85. The zero-order valence-corrected chi connectivity index (χ0v) is 13.7. The molecule has 1 heterocycles. The molecule has 3 rings (SSSR count). The van der Waals surface area contributed by atoms with Gasteiger partial charge in [-0.1, -0.05) is 48.5 Å². The Balaban J connectivity index is 2.05. The van der Waals surface area contributed by atoms with E-state index in [1.165, 1.54) is 0 Å². The fourth-order valence-electron chi connectivity index (χ4n) is 3.39. The van der Waals surface area contributed by atoms with Gasteiger partial charge in [0, 0.05) is 18.5 Å². The number of sulfone groups is 1. The molecule has 0 radical (unpaired) electrons. The Morgan fingerprint density at radius 2 is 1.50 bits per heavy atom. The second-order valence-corrected chi connectivity index (χ2v) is 8.18.